The molecule has 2 aromatic heterocycles. The lowest BCUT2D eigenvalue weighted by atomic mass is 10.1. The molecule has 0 radical (unpaired) electrons. The number of nitrogens with zero attached hydrogens (tertiary/aromatic N) is 3. The predicted molar refractivity (Wildman–Crippen MR) is 138 cm³/mol. The van der Waals surface area contributed by atoms with Crippen LogP contribution >= 0.6 is 0 Å². The van der Waals surface area contributed by atoms with Gasteiger partial charge in [-0.2, -0.15) is 9.78 Å². The topological polar surface area (TPSA) is 87.4 Å². The summed E-state index contributed by atoms with van der Waals surface area (Å²) < 4.78 is 14.7. The van der Waals surface area contributed by atoms with E-state index in [1.165, 1.54) is 4.68 Å². The first-order valence-electron chi connectivity index (χ1n) is 12.3. The standard InChI is InChI=1S/C28H30N4O4/c1-5-23(27(33)30-17(2)20-11-12-24-25(15-20)36-14-13-35-24)31-18(3)22-16-29-32(21-9-7-6-8-10-21)28(34)26(22)19(31)4/h6-12,15-17,23H,5,13-14H2,1-4H3,(H,30,33)/t17-,23+/m1/s1. The summed E-state index contributed by atoms with van der Waals surface area (Å²) in [6.07, 6.45) is 2.29. The minimum Gasteiger partial charge on any atom is -0.486 e. The van der Waals surface area contributed by atoms with Crippen molar-refractivity contribution in [2.24, 2.45) is 0 Å². The Labute approximate surface area is 209 Å². The van der Waals surface area contributed by atoms with Gasteiger partial charge >= 0.3 is 0 Å². The van der Waals surface area contributed by atoms with Crippen LogP contribution in [0.25, 0.3) is 16.5 Å². The molecule has 1 aliphatic heterocycles. The molecule has 0 bridgehead atoms. The van der Waals surface area contributed by atoms with E-state index in [0.717, 1.165) is 28.1 Å². The number of hydrogen-bond donors (Lipinski definition) is 1. The number of aryl methyl sites for hydroxylation is 2. The van der Waals surface area contributed by atoms with Gasteiger partial charge in [-0.3, -0.25) is 9.59 Å². The molecule has 3 heterocycles. The lowest BCUT2D eigenvalue weighted by molar-refractivity contribution is -0.125. The zero-order chi connectivity index (χ0) is 25.4. The lowest BCUT2D eigenvalue weighted by Crippen LogP contribution is -2.35. The highest BCUT2D eigenvalue weighted by Gasteiger charge is 2.27. The van der Waals surface area contributed by atoms with Gasteiger partial charge in [-0.15, -0.1) is 0 Å². The quantitative estimate of drug-likeness (QED) is 0.436. The second-order valence-electron chi connectivity index (χ2n) is 9.08. The van der Waals surface area contributed by atoms with Gasteiger partial charge in [0.2, 0.25) is 5.91 Å². The zero-order valence-electron chi connectivity index (χ0n) is 20.9. The van der Waals surface area contributed by atoms with Gasteiger partial charge in [0.25, 0.3) is 5.56 Å². The van der Waals surface area contributed by atoms with Crippen molar-refractivity contribution in [2.75, 3.05) is 13.2 Å². The molecule has 0 saturated carbocycles. The molecular formula is C28H30N4O4. The molecule has 4 aromatic rings. The van der Waals surface area contributed by atoms with Crippen LogP contribution in [-0.2, 0) is 4.79 Å². The van der Waals surface area contributed by atoms with Crippen LogP contribution in [0.3, 0.4) is 0 Å². The number of ether oxygens (including phenoxy) is 2. The maximum Gasteiger partial charge on any atom is 0.281 e. The Morgan fingerprint density at radius 2 is 1.78 bits per heavy atom. The minimum absolute atomic E-state index is 0.109. The maximum absolute atomic E-state index is 13.5. The highest BCUT2D eigenvalue weighted by molar-refractivity contribution is 5.89. The first kappa shape index (κ1) is 23.7. The number of carbonyl (C=O) groups is 1. The summed E-state index contributed by atoms with van der Waals surface area (Å²) >= 11 is 0. The third-order valence-electron chi connectivity index (χ3n) is 6.88. The smallest absolute Gasteiger partial charge is 0.281 e. The fourth-order valence-corrected chi connectivity index (χ4v) is 5.01. The van der Waals surface area contributed by atoms with Crippen LogP contribution in [0, 0.1) is 13.8 Å². The first-order chi connectivity index (χ1) is 17.4. The second kappa shape index (κ2) is 9.53. The summed E-state index contributed by atoms with van der Waals surface area (Å²) in [5.41, 5.74) is 3.04. The number of hydrogen-bond acceptors (Lipinski definition) is 5. The van der Waals surface area contributed by atoms with Crippen molar-refractivity contribution in [3.05, 3.63) is 82.0 Å². The molecule has 1 amide bonds. The van der Waals surface area contributed by atoms with Crippen LogP contribution in [-0.4, -0.2) is 33.5 Å². The second-order valence-corrected chi connectivity index (χ2v) is 9.08. The van der Waals surface area contributed by atoms with E-state index >= 15 is 0 Å². The summed E-state index contributed by atoms with van der Waals surface area (Å²) in [5, 5.41) is 8.90. The molecule has 2 aromatic carbocycles. The molecule has 0 unspecified atom stereocenters. The predicted octanol–water partition coefficient (Wildman–Crippen LogP) is 4.40. The van der Waals surface area contributed by atoms with E-state index in [9.17, 15) is 9.59 Å². The number of nitrogens with one attached hydrogen (secondary N) is 1. The summed E-state index contributed by atoms with van der Waals surface area (Å²) in [6, 6.07) is 14.4. The van der Waals surface area contributed by atoms with Gasteiger partial charge in [0.15, 0.2) is 11.5 Å². The molecule has 8 nitrogen and oxygen atoms in total. The fraction of sp³-hybridized carbons (Fsp3) is 0.321. The van der Waals surface area contributed by atoms with Crippen molar-refractivity contribution in [1.29, 1.82) is 0 Å². The van der Waals surface area contributed by atoms with Crippen molar-refractivity contribution < 1.29 is 14.3 Å². The number of amides is 1. The Morgan fingerprint density at radius 3 is 2.50 bits per heavy atom. The Morgan fingerprint density at radius 1 is 1.06 bits per heavy atom. The first-order valence-corrected chi connectivity index (χ1v) is 12.3. The van der Waals surface area contributed by atoms with Crippen LogP contribution in [0.2, 0.25) is 0 Å². The minimum atomic E-state index is -0.471. The average Bonchev–Trinajstić information content (AvgIpc) is 3.15. The largest absolute Gasteiger partial charge is 0.486 e. The monoisotopic (exact) mass is 486 g/mol. The summed E-state index contributed by atoms with van der Waals surface area (Å²) in [7, 11) is 0. The van der Waals surface area contributed by atoms with Crippen LogP contribution < -0.4 is 20.3 Å². The molecule has 0 saturated heterocycles. The van der Waals surface area contributed by atoms with Crippen molar-refractivity contribution in [1.82, 2.24) is 19.7 Å². The van der Waals surface area contributed by atoms with E-state index in [0.29, 0.717) is 36.5 Å². The van der Waals surface area contributed by atoms with Gasteiger partial charge in [0.05, 0.1) is 23.3 Å². The van der Waals surface area contributed by atoms with Gasteiger partial charge in [0.1, 0.15) is 19.3 Å². The van der Waals surface area contributed by atoms with E-state index in [4.69, 9.17) is 9.47 Å². The Hall–Kier alpha value is -4.07. The third-order valence-corrected chi connectivity index (χ3v) is 6.88. The Bertz CT molecular complexity index is 1490. The van der Waals surface area contributed by atoms with Gasteiger partial charge in [-0.1, -0.05) is 31.2 Å². The van der Waals surface area contributed by atoms with Gasteiger partial charge in [0, 0.05) is 16.8 Å². The Kier molecular flexibility index (Phi) is 6.26. The number of benzene rings is 2. The summed E-state index contributed by atoms with van der Waals surface area (Å²) in [5.74, 6) is 1.30. The van der Waals surface area contributed by atoms with Crippen molar-refractivity contribution in [3.8, 4) is 17.2 Å². The van der Waals surface area contributed by atoms with Crippen LogP contribution in [0.15, 0.2) is 59.5 Å². The molecule has 0 spiro atoms. The molecule has 2 atom stereocenters. The molecular weight excluding hydrogens is 456 g/mol. The highest BCUT2D eigenvalue weighted by atomic mass is 16.6. The van der Waals surface area contributed by atoms with Crippen LogP contribution in [0.1, 0.15) is 49.3 Å². The van der Waals surface area contributed by atoms with E-state index in [-0.39, 0.29) is 17.5 Å². The third kappa shape index (κ3) is 4.02. The van der Waals surface area contributed by atoms with Crippen molar-refractivity contribution in [3.63, 3.8) is 0 Å². The highest BCUT2D eigenvalue weighted by Crippen LogP contribution is 2.33. The van der Waals surface area contributed by atoms with Crippen LogP contribution in [0.4, 0.5) is 0 Å². The molecule has 8 heteroatoms. The summed E-state index contributed by atoms with van der Waals surface area (Å²) in [6.45, 7) is 8.80. The summed E-state index contributed by atoms with van der Waals surface area (Å²) in [4.78, 5) is 27.0. The number of para-hydroxylation sites is 1. The molecule has 5 rings (SSSR count). The number of fused-ring (bicyclic) bond motifs is 2. The van der Waals surface area contributed by atoms with Crippen molar-refractivity contribution in [2.45, 2.75) is 46.2 Å². The molecule has 0 aliphatic carbocycles. The average molecular weight is 487 g/mol. The fourth-order valence-electron chi connectivity index (χ4n) is 5.01. The van der Waals surface area contributed by atoms with Crippen LogP contribution in [0.5, 0.6) is 11.5 Å². The number of carbonyl (C=O) groups excluding carboxylic acids is 1. The number of aromatic nitrogens is 3. The van der Waals surface area contributed by atoms with E-state index < -0.39 is 6.04 Å². The lowest BCUT2D eigenvalue weighted by Gasteiger charge is -2.24. The molecule has 1 N–H and O–H groups in total. The van der Waals surface area contributed by atoms with Gasteiger partial charge in [-0.05, 0) is 57.0 Å². The molecule has 1 aliphatic rings. The molecule has 36 heavy (non-hydrogen) atoms. The van der Waals surface area contributed by atoms with Gasteiger partial charge in [-0.25, -0.2) is 0 Å². The van der Waals surface area contributed by atoms with E-state index in [2.05, 4.69) is 10.4 Å². The van der Waals surface area contributed by atoms with E-state index in [1.54, 1.807) is 6.20 Å². The zero-order valence-corrected chi connectivity index (χ0v) is 20.9. The normalized spacial score (nSPS) is 14.4. The van der Waals surface area contributed by atoms with Gasteiger partial charge < -0.3 is 19.4 Å². The molecule has 186 valence electrons. The number of rotatable bonds is 6. The maximum atomic E-state index is 13.5. The SMILES string of the molecule is CC[C@@H](C(=O)N[C@H](C)c1ccc2c(c1)OCCO2)n1c(C)c2cnn(-c3ccccc3)c(=O)c2c1C. The van der Waals surface area contributed by atoms with E-state index in [1.807, 2.05) is 80.8 Å². The Balaban J connectivity index is 1.47. The van der Waals surface area contributed by atoms with Crippen molar-refractivity contribution >= 4 is 16.7 Å². The molecule has 0 fully saturated rings.